The van der Waals surface area contributed by atoms with Crippen LogP contribution in [0.4, 0.5) is 5.82 Å². The number of rotatable bonds is 3. The van der Waals surface area contributed by atoms with E-state index in [1.165, 1.54) is 6.92 Å². The van der Waals surface area contributed by atoms with Gasteiger partial charge in [0.15, 0.2) is 0 Å². The van der Waals surface area contributed by atoms with Gasteiger partial charge < -0.3 is 19.6 Å². The van der Waals surface area contributed by atoms with Crippen LogP contribution in [-0.2, 0) is 4.79 Å². The van der Waals surface area contributed by atoms with Crippen molar-refractivity contribution in [1.29, 1.82) is 0 Å². The van der Waals surface area contributed by atoms with Crippen LogP contribution in [-0.4, -0.2) is 58.3 Å². The molecule has 1 N–H and O–H groups in total. The van der Waals surface area contributed by atoms with E-state index in [2.05, 4.69) is 19.8 Å². The molecule has 1 aliphatic rings. The summed E-state index contributed by atoms with van der Waals surface area (Å²) in [4.78, 5) is 25.3. The highest BCUT2D eigenvalue weighted by molar-refractivity contribution is 5.88. The molecule has 0 radical (unpaired) electrons. The Morgan fingerprint density at radius 3 is 3.33 bits per heavy atom. The van der Waals surface area contributed by atoms with Crippen LogP contribution >= 0.6 is 0 Å². The lowest BCUT2D eigenvalue weighted by atomic mass is 9.92. The fourth-order valence-electron chi connectivity index (χ4n) is 2.11. The lowest BCUT2D eigenvalue weighted by Crippen LogP contribution is -2.53. The van der Waals surface area contributed by atoms with Crippen molar-refractivity contribution in [2.24, 2.45) is 5.89 Å². The highest BCUT2D eigenvalue weighted by Gasteiger charge is 2.33. The maximum Gasteiger partial charge on any atom is 0.302 e. The zero-order valence-electron chi connectivity index (χ0n) is 25.9. The van der Waals surface area contributed by atoms with Gasteiger partial charge in [-0.3, -0.25) is 4.79 Å². The quantitative estimate of drug-likeness (QED) is 0.867. The van der Waals surface area contributed by atoms with E-state index >= 15 is 0 Å². The zero-order valence-corrected chi connectivity index (χ0v) is 12.9. The molecule has 0 aliphatic carbocycles. The average Bonchev–Trinajstić information content (AvgIpc) is 2.98. The number of nitrogens with one attached hydrogen (secondary N) is 1. The van der Waals surface area contributed by atoms with Crippen molar-refractivity contribution >= 4 is 22.8 Å². The lowest BCUT2D eigenvalue weighted by Gasteiger charge is -2.41. The number of aryl methyl sites for hydroxylation is 1. The van der Waals surface area contributed by atoms with Gasteiger partial charge in [-0.2, -0.15) is 0 Å². The SMILES string of the molecule is [2H]c1nc(N(C([2H])([2H])[2H])[C@@]2([2H])C([2H])([2H])N(C(=O)C[N+]#[C-])C([2H])([2H])C([2H])([2H])[C@@]2([2H])C)c2c([2H])c(C)[nH]c2n1. The predicted octanol–water partition coefficient (Wildman–Crippen LogP) is 1.86. The number of nitrogens with zero attached hydrogens (tertiary/aromatic N) is 5. The van der Waals surface area contributed by atoms with Crippen molar-refractivity contribution in [3.63, 3.8) is 0 Å². The molecule has 2 aromatic heterocycles. The number of H-pyrrole nitrogens is 1. The van der Waals surface area contributed by atoms with E-state index in [9.17, 15) is 6.17 Å². The maximum atomic E-state index is 12.8. The summed E-state index contributed by atoms with van der Waals surface area (Å²) < 4.78 is 110. The Kier molecular flexibility index (Phi) is 1.81. The predicted molar refractivity (Wildman–Crippen MR) is 92.6 cm³/mol. The van der Waals surface area contributed by atoms with Crippen molar-refractivity contribution in [1.82, 2.24) is 19.9 Å². The van der Waals surface area contributed by atoms with Gasteiger partial charge in [-0.05, 0) is 25.2 Å². The Balaban J connectivity index is 2.56. The number of anilines is 1. The van der Waals surface area contributed by atoms with Crippen LogP contribution in [0, 0.1) is 19.4 Å². The Hall–Kier alpha value is -2.62. The number of fused-ring (bicyclic) bond motifs is 1. The first-order valence-electron chi connectivity index (χ1n) is 13.3. The summed E-state index contributed by atoms with van der Waals surface area (Å²) in [5.74, 6) is -5.78. The van der Waals surface area contributed by atoms with Crippen LogP contribution in [0.25, 0.3) is 15.9 Å². The standard InChI is InChI=1S/C17H22N6O/c1-11-5-6-23(15(24)8-18-3)9-14(11)22(4)17-13-7-12(2)21-16(13)19-10-20-17/h7,10-11,14H,5-6,8-9H2,1-2,4H3,(H,19,20,21)/t11-,14+/m1/s1/i4D3,5D2,6D2,7D,9D2,10D,11D,14D. The number of carbonyl (C=O) groups excluding carboxylic acids is 1. The van der Waals surface area contributed by atoms with Crippen molar-refractivity contribution < 1.29 is 22.6 Å². The first kappa shape index (κ1) is 6.71. The Morgan fingerprint density at radius 2 is 2.58 bits per heavy atom. The minimum atomic E-state index is -3.79. The minimum absolute atomic E-state index is 0.0778. The summed E-state index contributed by atoms with van der Waals surface area (Å²) in [5.41, 5.74) is -0.0841. The van der Waals surface area contributed by atoms with Gasteiger partial charge in [-0.15, -0.1) is 0 Å². The largest absolute Gasteiger partial charge is 0.354 e. The van der Waals surface area contributed by atoms with Gasteiger partial charge >= 0.3 is 5.91 Å². The van der Waals surface area contributed by atoms with E-state index in [1.54, 1.807) is 0 Å². The van der Waals surface area contributed by atoms with E-state index in [0.717, 1.165) is 0 Å². The van der Waals surface area contributed by atoms with Crippen LogP contribution in [0.15, 0.2) is 12.3 Å². The van der Waals surface area contributed by atoms with Crippen LogP contribution in [0.5, 0.6) is 0 Å². The first-order chi connectivity index (χ1) is 16.5. The molecule has 0 spiro atoms. The molecule has 24 heavy (non-hydrogen) atoms. The van der Waals surface area contributed by atoms with Crippen molar-refractivity contribution in [2.75, 3.05) is 31.4 Å². The fourth-order valence-corrected chi connectivity index (χ4v) is 2.11. The number of hydrogen-bond acceptors (Lipinski definition) is 4. The number of likely N-dealkylation sites (N-methyl/N-ethyl adjacent to an activating group) is 1. The van der Waals surface area contributed by atoms with Gasteiger partial charge in [0.1, 0.15) is 19.1 Å². The number of piperidine rings is 1. The number of amides is 1. The second-order valence-electron chi connectivity index (χ2n) is 4.95. The molecule has 126 valence electrons. The van der Waals surface area contributed by atoms with E-state index < -0.39 is 62.8 Å². The first-order valence-corrected chi connectivity index (χ1v) is 6.83. The van der Waals surface area contributed by atoms with Crippen molar-refractivity contribution in [3.05, 3.63) is 29.5 Å². The summed E-state index contributed by atoms with van der Waals surface area (Å²) in [6, 6.07) is -4.09. The Bertz CT molecular complexity index is 1310. The van der Waals surface area contributed by atoms with Gasteiger partial charge in [0.2, 0.25) is 0 Å². The molecule has 0 saturated carbocycles. The van der Waals surface area contributed by atoms with E-state index in [0.29, 0.717) is 6.92 Å². The molecule has 0 unspecified atom stereocenters. The molecule has 7 nitrogen and oxygen atoms in total. The molecule has 1 fully saturated rings. The normalized spacial score (nSPS) is 41.7. The highest BCUT2D eigenvalue weighted by atomic mass is 16.2. The molecule has 3 rings (SSSR count). The molecule has 7 heteroatoms. The summed E-state index contributed by atoms with van der Waals surface area (Å²) in [6.45, 7) is -3.21. The molecular formula is C17H22N6O. The molecule has 3 heterocycles. The van der Waals surface area contributed by atoms with Gasteiger partial charge in [0, 0.05) is 36.6 Å². The topological polar surface area (TPSA) is 69.5 Å². The fraction of sp³-hybridized carbons (Fsp3) is 0.529. The second kappa shape index (κ2) is 6.48. The number of likely N-dealkylation sites (tertiary alicyclic amines) is 1. The number of aromatic amines is 1. The summed E-state index contributed by atoms with van der Waals surface area (Å²) in [5, 5.41) is -0.379. The molecule has 0 aromatic carbocycles. The Labute approximate surface area is 159 Å². The lowest BCUT2D eigenvalue weighted by molar-refractivity contribution is -0.130. The summed E-state index contributed by atoms with van der Waals surface area (Å²) in [7, 11) is 0. The van der Waals surface area contributed by atoms with Gasteiger partial charge in [-0.1, -0.05) is 6.92 Å². The van der Waals surface area contributed by atoms with E-state index in [1.807, 2.05) is 0 Å². The van der Waals surface area contributed by atoms with Crippen molar-refractivity contribution in [2.45, 2.75) is 26.2 Å². The molecule has 0 bridgehead atoms. The van der Waals surface area contributed by atoms with Crippen molar-refractivity contribution in [3.8, 4) is 0 Å². The number of hydrogen-bond donors (Lipinski definition) is 1. The molecule has 1 amide bonds. The van der Waals surface area contributed by atoms with Crippen LogP contribution in [0.3, 0.4) is 0 Å². The number of aromatic nitrogens is 3. The van der Waals surface area contributed by atoms with Gasteiger partial charge in [0.25, 0.3) is 6.54 Å². The monoisotopic (exact) mass is 339 g/mol. The molecule has 1 aliphatic heterocycles. The van der Waals surface area contributed by atoms with Crippen LogP contribution in [0.1, 0.15) is 36.8 Å². The molecule has 2 atom stereocenters. The van der Waals surface area contributed by atoms with Crippen LogP contribution in [0.2, 0.25) is 0 Å². The summed E-state index contributed by atoms with van der Waals surface area (Å²) >= 11 is 0. The Morgan fingerprint density at radius 1 is 1.75 bits per heavy atom. The molecule has 1 saturated heterocycles. The van der Waals surface area contributed by atoms with E-state index in [-0.39, 0.29) is 32.6 Å². The van der Waals surface area contributed by atoms with Gasteiger partial charge in [0.05, 0.1) is 16.9 Å². The van der Waals surface area contributed by atoms with Crippen LogP contribution < -0.4 is 4.90 Å². The zero-order chi connectivity index (χ0) is 28.7. The molecular weight excluding hydrogens is 304 g/mol. The smallest absolute Gasteiger partial charge is 0.302 e. The third kappa shape index (κ3) is 2.92. The third-order valence-electron chi connectivity index (χ3n) is 3.22. The van der Waals surface area contributed by atoms with Gasteiger partial charge in [-0.25, -0.2) is 16.5 Å². The maximum absolute atomic E-state index is 12.8. The highest BCUT2D eigenvalue weighted by Crippen LogP contribution is 2.29. The third-order valence-corrected chi connectivity index (χ3v) is 3.22. The average molecular weight is 339 g/mol. The minimum Gasteiger partial charge on any atom is -0.354 e. The number of carbonyl (C=O) groups is 1. The summed E-state index contributed by atoms with van der Waals surface area (Å²) in [6.07, 6.45) is -4.42. The second-order valence-corrected chi connectivity index (χ2v) is 4.95. The van der Waals surface area contributed by atoms with E-state index in [4.69, 9.17) is 23.0 Å². The molecule has 2 aromatic rings.